The molecule has 5 heteroatoms. The van der Waals surface area contributed by atoms with E-state index in [9.17, 15) is 13.2 Å². The SMILES string of the molecule is CC(C)(C)CC(=O)NS(C)(=O)=O. The molecular formula is C7H15NO3S. The van der Waals surface area contributed by atoms with E-state index in [4.69, 9.17) is 0 Å². The zero-order chi connectivity index (χ0) is 9.99. The third-order valence-electron chi connectivity index (χ3n) is 0.990. The van der Waals surface area contributed by atoms with Gasteiger partial charge >= 0.3 is 0 Å². The highest BCUT2D eigenvalue weighted by Gasteiger charge is 2.17. The molecule has 0 saturated carbocycles. The Bertz CT molecular complexity index is 261. The molecule has 0 unspecified atom stereocenters. The molecule has 4 nitrogen and oxygen atoms in total. The molecule has 0 fully saturated rings. The van der Waals surface area contributed by atoms with Gasteiger partial charge in [0.15, 0.2) is 0 Å². The van der Waals surface area contributed by atoms with Gasteiger partial charge in [-0.05, 0) is 5.41 Å². The van der Waals surface area contributed by atoms with Crippen molar-refractivity contribution < 1.29 is 13.2 Å². The van der Waals surface area contributed by atoms with E-state index in [1.54, 1.807) is 0 Å². The molecule has 0 aromatic heterocycles. The highest BCUT2D eigenvalue weighted by Crippen LogP contribution is 2.17. The minimum atomic E-state index is -3.40. The molecule has 12 heavy (non-hydrogen) atoms. The Hall–Kier alpha value is -0.580. The minimum absolute atomic E-state index is 0.186. The summed E-state index contributed by atoms with van der Waals surface area (Å²) in [5.41, 5.74) is -0.186. The van der Waals surface area contributed by atoms with Crippen LogP contribution < -0.4 is 4.72 Å². The third-order valence-corrected chi connectivity index (χ3v) is 1.59. The molecule has 0 atom stereocenters. The van der Waals surface area contributed by atoms with E-state index in [1.165, 1.54) is 0 Å². The average molecular weight is 193 g/mol. The fraction of sp³-hybridized carbons (Fsp3) is 0.857. The summed E-state index contributed by atoms with van der Waals surface area (Å²) in [5.74, 6) is -0.454. The van der Waals surface area contributed by atoms with E-state index in [0.29, 0.717) is 0 Å². The fourth-order valence-corrected chi connectivity index (χ4v) is 1.21. The zero-order valence-corrected chi connectivity index (χ0v) is 8.66. The normalized spacial score (nSPS) is 12.7. The fourth-order valence-electron chi connectivity index (χ4n) is 0.725. The number of amides is 1. The van der Waals surface area contributed by atoms with Gasteiger partial charge in [-0.1, -0.05) is 20.8 Å². The van der Waals surface area contributed by atoms with Gasteiger partial charge in [0.25, 0.3) is 0 Å². The second kappa shape index (κ2) is 3.43. The van der Waals surface area contributed by atoms with Crippen LogP contribution in [-0.4, -0.2) is 20.6 Å². The molecule has 1 N–H and O–H groups in total. The molecule has 0 aliphatic rings. The second-order valence-electron chi connectivity index (χ2n) is 4.03. The van der Waals surface area contributed by atoms with E-state index in [1.807, 2.05) is 25.5 Å². The van der Waals surface area contributed by atoms with Crippen molar-refractivity contribution in [3.8, 4) is 0 Å². The number of sulfonamides is 1. The van der Waals surface area contributed by atoms with Crippen molar-refractivity contribution >= 4 is 15.9 Å². The van der Waals surface area contributed by atoms with Gasteiger partial charge in [0.2, 0.25) is 15.9 Å². The smallest absolute Gasteiger partial charge is 0.233 e. The highest BCUT2D eigenvalue weighted by atomic mass is 32.2. The standard InChI is InChI=1S/C7H15NO3S/c1-7(2,3)5-6(9)8-12(4,10)11/h5H2,1-4H3,(H,8,9). The van der Waals surface area contributed by atoms with Crippen molar-refractivity contribution in [1.82, 2.24) is 4.72 Å². The van der Waals surface area contributed by atoms with E-state index < -0.39 is 15.9 Å². The van der Waals surface area contributed by atoms with Crippen LogP contribution in [0.15, 0.2) is 0 Å². The molecule has 0 radical (unpaired) electrons. The molecule has 1 amide bonds. The Morgan fingerprint density at radius 1 is 1.33 bits per heavy atom. The number of hydrogen-bond acceptors (Lipinski definition) is 3. The summed E-state index contributed by atoms with van der Waals surface area (Å²) in [6, 6.07) is 0. The average Bonchev–Trinajstić information content (AvgIpc) is 1.49. The summed E-state index contributed by atoms with van der Waals surface area (Å²) in [6.45, 7) is 5.61. The Kier molecular flexibility index (Phi) is 3.26. The Morgan fingerprint density at radius 2 is 1.75 bits per heavy atom. The molecule has 0 aromatic carbocycles. The maximum absolute atomic E-state index is 11.0. The molecule has 0 aliphatic heterocycles. The summed E-state index contributed by atoms with van der Waals surface area (Å²) in [7, 11) is -3.40. The zero-order valence-electron chi connectivity index (χ0n) is 7.84. The lowest BCUT2D eigenvalue weighted by Crippen LogP contribution is -2.32. The predicted octanol–water partition coefficient (Wildman–Crippen LogP) is 0.498. The predicted molar refractivity (Wildman–Crippen MR) is 47.1 cm³/mol. The first-order valence-corrected chi connectivity index (χ1v) is 5.50. The van der Waals surface area contributed by atoms with Crippen LogP contribution in [0.2, 0.25) is 0 Å². The van der Waals surface area contributed by atoms with E-state index in [0.717, 1.165) is 6.26 Å². The topological polar surface area (TPSA) is 63.2 Å². The van der Waals surface area contributed by atoms with Gasteiger partial charge in [-0.25, -0.2) is 8.42 Å². The third kappa shape index (κ3) is 7.53. The molecule has 0 aliphatic carbocycles. The first kappa shape index (κ1) is 11.4. The van der Waals surface area contributed by atoms with Crippen LogP contribution in [0.3, 0.4) is 0 Å². The van der Waals surface area contributed by atoms with Crippen LogP contribution in [0.1, 0.15) is 27.2 Å². The van der Waals surface area contributed by atoms with Crippen molar-refractivity contribution in [2.24, 2.45) is 5.41 Å². The Balaban J connectivity index is 4.10. The summed E-state index contributed by atoms with van der Waals surface area (Å²) in [4.78, 5) is 11.0. The summed E-state index contributed by atoms with van der Waals surface area (Å²) in [6.07, 6.45) is 1.17. The van der Waals surface area contributed by atoms with E-state index in [2.05, 4.69) is 0 Å². The van der Waals surface area contributed by atoms with Crippen LogP contribution in [0, 0.1) is 5.41 Å². The van der Waals surface area contributed by atoms with Crippen LogP contribution in [0.4, 0.5) is 0 Å². The lowest BCUT2D eigenvalue weighted by molar-refractivity contribution is -0.121. The lowest BCUT2D eigenvalue weighted by atomic mass is 9.92. The highest BCUT2D eigenvalue weighted by molar-refractivity contribution is 7.89. The largest absolute Gasteiger partial charge is 0.274 e. The van der Waals surface area contributed by atoms with Crippen LogP contribution in [0.5, 0.6) is 0 Å². The molecule has 0 aromatic rings. The quantitative estimate of drug-likeness (QED) is 0.694. The molecule has 0 spiro atoms. The van der Waals surface area contributed by atoms with Gasteiger partial charge < -0.3 is 0 Å². The molecule has 0 saturated heterocycles. The Morgan fingerprint density at radius 3 is 2.00 bits per heavy atom. The summed E-state index contributed by atoms with van der Waals surface area (Å²) < 4.78 is 23.1. The van der Waals surface area contributed by atoms with Crippen molar-refractivity contribution in [2.75, 3.05) is 6.26 Å². The first-order chi connectivity index (χ1) is 5.10. The van der Waals surface area contributed by atoms with E-state index >= 15 is 0 Å². The molecule has 0 heterocycles. The Labute approximate surface area is 73.4 Å². The van der Waals surface area contributed by atoms with Gasteiger partial charge in [0.05, 0.1) is 6.26 Å². The summed E-state index contributed by atoms with van der Waals surface area (Å²) in [5, 5.41) is 0. The minimum Gasteiger partial charge on any atom is -0.274 e. The van der Waals surface area contributed by atoms with Gasteiger partial charge in [-0.3, -0.25) is 9.52 Å². The number of hydrogen-bond donors (Lipinski definition) is 1. The number of rotatable bonds is 2. The van der Waals surface area contributed by atoms with Gasteiger partial charge in [-0.15, -0.1) is 0 Å². The van der Waals surface area contributed by atoms with Crippen molar-refractivity contribution in [3.63, 3.8) is 0 Å². The van der Waals surface area contributed by atoms with Crippen LogP contribution in [-0.2, 0) is 14.8 Å². The summed E-state index contributed by atoms with van der Waals surface area (Å²) >= 11 is 0. The first-order valence-electron chi connectivity index (χ1n) is 3.61. The number of nitrogens with one attached hydrogen (secondary N) is 1. The van der Waals surface area contributed by atoms with Crippen LogP contribution in [0.25, 0.3) is 0 Å². The van der Waals surface area contributed by atoms with Crippen molar-refractivity contribution in [1.29, 1.82) is 0 Å². The molecule has 0 rings (SSSR count). The molecular weight excluding hydrogens is 178 g/mol. The van der Waals surface area contributed by atoms with Gasteiger partial charge in [0.1, 0.15) is 0 Å². The maximum Gasteiger partial charge on any atom is 0.233 e. The van der Waals surface area contributed by atoms with E-state index in [-0.39, 0.29) is 11.8 Å². The lowest BCUT2D eigenvalue weighted by Gasteiger charge is -2.16. The second-order valence-corrected chi connectivity index (χ2v) is 5.78. The van der Waals surface area contributed by atoms with Crippen LogP contribution >= 0.6 is 0 Å². The van der Waals surface area contributed by atoms with Crippen molar-refractivity contribution in [2.45, 2.75) is 27.2 Å². The number of carbonyl (C=O) groups is 1. The molecule has 0 bridgehead atoms. The number of carbonyl (C=O) groups excluding carboxylic acids is 1. The molecule has 72 valence electrons. The van der Waals surface area contributed by atoms with Gasteiger partial charge in [0, 0.05) is 6.42 Å². The monoisotopic (exact) mass is 193 g/mol. The van der Waals surface area contributed by atoms with Crippen molar-refractivity contribution in [3.05, 3.63) is 0 Å². The van der Waals surface area contributed by atoms with Gasteiger partial charge in [-0.2, -0.15) is 0 Å². The maximum atomic E-state index is 11.0.